The van der Waals surface area contributed by atoms with Gasteiger partial charge in [-0.1, -0.05) is 20.8 Å². The van der Waals surface area contributed by atoms with Gasteiger partial charge in [-0.25, -0.2) is 0 Å². The zero-order chi connectivity index (χ0) is 24.5. The lowest BCUT2D eigenvalue weighted by Crippen LogP contribution is -2.42. The molecule has 182 valence electrons. The van der Waals surface area contributed by atoms with Crippen molar-refractivity contribution in [2.45, 2.75) is 52.2 Å². The maximum Gasteiger partial charge on any atom is 0.500 e. The first-order chi connectivity index (χ1) is 15.0. The molecular weight excluding hydrogens is 438 g/mol. The van der Waals surface area contributed by atoms with Gasteiger partial charge in [-0.05, 0) is 18.9 Å². The Morgan fingerprint density at radius 3 is 1.97 bits per heavy atom. The molecule has 0 amide bonds. The first kappa shape index (κ1) is 27.8. The van der Waals surface area contributed by atoms with Crippen molar-refractivity contribution in [3.05, 3.63) is 27.8 Å². The third-order valence-electron chi connectivity index (χ3n) is 5.09. The molecule has 32 heavy (non-hydrogen) atoms. The summed E-state index contributed by atoms with van der Waals surface area (Å²) >= 11 is 0. The average Bonchev–Trinajstić information content (AvgIpc) is 2.76. The molecule has 0 aliphatic heterocycles. The number of hydrogen-bond donors (Lipinski definition) is 0. The summed E-state index contributed by atoms with van der Waals surface area (Å²) in [6.45, 7) is 5.54. The van der Waals surface area contributed by atoms with Crippen LogP contribution in [0.3, 0.4) is 0 Å². The van der Waals surface area contributed by atoms with Gasteiger partial charge in [-0.3, -0.25) is 14.9 Å². The molecule has 1 aromatic carbocycles. The highest BCUT2D eigenvalue weighted by Gasteiger charge is 2.38. The van der Waals surface area contributed by atoms with Gasteiger partial charge in [0.2, 0.25) is 0 Å². The average molecular weight is 474 g/mol. The third-order valence-corrected chi connectivity index (χ3v) is 7.93. The molecule has 0 N–H and O–H groups in total. The molecule has 0 bridgehead atoms. The Balaban J connectivity index is 3.04. The number of hydrogen-bond acceptors (Lipinski definition) is 9. The highest BCUT2D eigenvalue weighted by molar-refractivity contribution is 6.60. The minimum Gasteiger partial charge on any atom is -0.493 e. The summed E-state index contributed by atoms with van der Waals surface area (Å²) in [5, 5.41) is 11.7. The molecule has 0 spiro atoms. The summed E-state index contributed by atoms with van der Waals surface area (Å²) in [7, 11) is 4.76. The van der Waals surface area contributed by atoms with Crippen LogP contribution in [0.4, 0.5) is 5.69 Å². The molecule has 10 nitrogen and oxygen atoms in total. The second-order valence-corrected chi connectivity index (χ2v) is 11.4. The van der Waals surface area contributed by atoms with Crippen LogP contribution in [0.5, 0.6) is 11.5 Å². The fourth-order valence-corrected chi connectivity index (χ4v) is 5.11. The molecule has 1 atom stereocenters. The Bertz CT molecular complexity index is 767. The molecule has 0 fully saturated rings. The summed E-state index contributed by atoms with van der Waals surface area (Å²) in [5.41, 5.74) is -0.561. The van der Waals surface area contributed by atoms with Crippen molar-refractivity contribution in [2.75, 3.05) is 35.5 Å². The smallest absolute Gasteiger partial charge is 0.493 e. The molecule has 11 heteroatoms. The SMILES string of the molecule is COc1cc(C(OC(=O)CCCC[Si](OC)(OC)OC)C(C)(C)C)c([N+](=O)[O-])cc1OC. The number of nitro groups is 1. The number of rotatable bonds is 13. The minimum absolute atomic E-state index is 0.148. The standard InChI is InChI=1S/C21H35NO9Si/c1-21(2,3)20(15-13-17(26-4)18(27-5)14-16(15)22(24)25)31-19(23)11-9-10-12-32(28-6,29-7)30-8/h13-14,20H,9-12H2,1-8H3. The van der Waals surface area contributed by atoms with E-state index in [0.717, 1.165) is 0 Å². The van der Waals surface area contributed by atoms with E-state index in [2.05, 4.69) is 0 Å². The monoisotopic (exact) mass is 473 g/mol. The van der Waals surface area contributed by atoms with Crippen molar-refractivity contribution >= 4 is 20.5 Å². The van der Waals surface area contributed by atoms with Crippen molar-refractivity contribution in [1.82, 2.24) is 0 Å². The predicted octanol–water partition coefficient (Wildman–Crippen LogP) is 4.29. The van der Waals surface area contributed by atoms with E-state index in [1.807, 2.05) is 20.8 Å². The van der Waals surface area contributed by atoms with E-state index in [9.17, 15) is 14.9 Å². The van der Waals surface area contributed by atoms with E-state index in [4.69, 9.17) is 27.5 Å². The van der Waals surface area contributed by atoms with Gasteiger partial charge in [0.25, 0.3) is 5.69 Å². The lowest BCUT2D eigenvalue weighted by molar-refractivity contribution is -0.386. The molecule has 1 rings (SSSR count). The van der Waals surface area contributed by atoms with Crippen LogP contribution < -0.4 is 9.47 Å². The van der Waals surface area contributed by atoms with E-state index in [1.54, 1.807) is 0 Å². The normalized spacial score (nSPS) is 12.9. The highest BCUT2D eigenvalue weighted by atomic mass is 28.4. The van der Waals surface area contributed by atoms with Gasteiger partial charge < -0.3 is 27.5 Å². The van der Waals surface area contributed by atoms with Gasteiger partial charge in [0.1, 0.15) is 6.10 Å². The lowest BCUT2D eigenvalue weighted by atomic mass is 9.83. The number of unbranched alkanes of at least 4 members (excludes halogenated alkanes) is 1. The maximum atomic E-state index is 12.6. The van der Waals surface area contributed by atoms with Crippen LogP contribution in [0, 0.1) is 15.5 Å². The quantitative estimate of drug-likeness (QED) is 0.136. The molecule has 1 aromatic rings. The minimum atomic E-state index is -2.70. The van der Waals surface area contributed by atoms with Gasteiger partial charge in [0.15, 0.2) is 11.5 Å². The number of ether oxygens (including phenoxy) is 3. The number of esters is 1. The van der Waals surface area contributed by atoms with Crippen LogP contribution in [0.25, 0.3) is 0 Å². The van der Waals surface area contributed by atoms with Crippen LogP contribution >= 0.6 is 0 Å². The lowest BCUT2D eigenvalue weighted by Gasteiger charge is -2.31. The Labute approximate surface area is 190 Å². The molecule has 1 unspecified atom stereocenters. The third kappa shape index (κ3) is 7.16. The molecular formula is C21H35NO9Si. The number of nitrogens with zero attached hydrogens (tertiary/aromatic N) is 1. The number of carbonyl (C=O) groups excluding carboxylic acids is 1. The van der Waals surface area contributed by atoms with Crippen LogP contribution in [-0.4, -0.2) is 55.2 Å². The molecule has 0 heterocycles. The van der Waals surface area contributed by atoms with Gasteiger partial charge in [0.05, 0.1) is 30.8 Å². The molecule has 0 saturated heterocycles. The highest BCUT2D eigenvalue weighted by Crippen LogP contribution is 2.44. The summed E-state index contributed by atoms with van der Waals surface area (Å²) in [6.07, 6.45) is 0.470. The topological polar surface area (TPSA) is 116 Å². The summed E-state index contributed by atoms with van der Waals surface area (Å²) in [5.74, 6) is 0.0935. The molecule has 0 aliphatic rings. The number of methoxy groups -OCH3 is 2. The summed E-state index contributed by atoms with van der Waals surface area (Å²) in [4.78, 5) is 23.8. The van der Waals surface area contributed by atoms with Crippen LogP contribution in [0.2, 0.25) is 6.04 Å². The van der Waals surface area contributed by atoms with Crippen LogP contribution in [0.15, 0.2) is 12.1 Å². The number of benzene rings is 1. The Morgan fingerprint density at radius 2 is 1.53 bits per heavy atom. The Kier molecular flexibility index (Phi) is 10.6. The number of carbonyl (C=O) groups is 1. The van der Waals surface area contributed by atoms with Crippen molar-refractivity contribution in [1.29, 1.82) is 0 Å². The number of nitro benzene ring substituents is 1. The molecule has 0 radical (unpaired) electrons. The van der Waals surface area contributed by atoms with Gasteiger partial charge in [-0.2, -0.15) is 0 Å². The van der Waals surface area contributed by atoms with E-state index in [0.29, 0.717) is 24.6 Å². The van der Waals surface area contributed by atoms with E-state index in [1.165, 1.54) is 47.7 Å². The van der Waals surface area contributed by atoms with Crippen molar-refractivity contribution in [3.63, 3.8) is 0 Å². The van der Waals surface area contributed by atoms with Crippen LogP contribution in [-0.2, 0) is 22.8 Å². The van der Waals surface area contributed by atoms with E-state index in [-0.39, 0.29) is 23.4 Å². The van der Waals surface area contributed by atoms with Crippen LogP contribution in [0.1, 0.15) is 51.7 Å². The first-order valence-corrected chi connectivity index (χ1v) is 12.2. The fourth-order valence-electron chi connectivity index (χ4n) is 3.32. The summed E-state index contributed by atoms with van der Waals surface area (Å²) < 4.78 is 32.4. The summed E-state index contributed by atoms with van der Waals surface area (Å²) in [6, 6.07) is 3.34. The Morgan fingerprint density at radius 1 is 1.00 bits per heavy atom. The molecule has 0 aromatic heterocycles. The second kappa shape index (κ2) is 12.1. The van der Waals surface area contributed by atoms with Crippen molar-refractivity contribution in [2.24, 2.45) is 5.41 Å². The Hall–Kier alpha value is -2.21. The van der Waals surface area contributed by atoms with Gasteiger partial charge in [-0.15, -0.1) is 0 Å². The predicted molar refractivity (Wildman–Crippen MR) is 120 cm³/mol. The molecule has 0 aliphatic carbocycles. The fraction of sp³-hybridized carbons (Fsp3) is 0.667. The van der Waals surface area contributed by atoms with E-state index < -0.39 is 31.2 Å². The van der Waals surface area contributed by atoms with Gasteiger partial charge in [0, 0.05) is 39.2 Å². The second-order valence-electron chi connectivity index (χ2n) is 8.26. The maximum absolute atomic E-state index is 12.6. The zero-order valence-corrected chi connectivity index (χ0v) is 21.2. The largest absolute Gasteiger partial charge is 0.500 e. The van der Waals surface area contributed by atoms with E-state index >= 15 is 0 Å². The van der Waals surface area contributed by atoms with Crippen molar-refractivity contribution < 1.29 is 37.2 Å². The van der Waals surface area contributed by atoms with Crippen molar-refractivity contribution in [3.8, 4) is 11.5 Å². The zero-order valence-electron chi connectivity index (χ0n) is 20.2. The first-order valence-electron chi connectivity index (χ1n) is 10.2. The molecule has 0 saturated carbocycles. The van der Waals surface area contributed by atoms with Gasteiger partial charge >= 0.3 is 14.8 Å².